The summed E-state index contributed by atoms with van der Waals surface area (Å²) in [5.74, 6) is -1.84. The van der Waals surface area contributed by atoms with Gasteiger partial charge in [-0.2, -0.15) is 0 Å². The van der Waals surface area contributed by atoms with E-state index in [0.29, 0.717) is 55.5 Å². The zero-order valence-corrected chi connectivity index (χ0v) is 26.9. The third kappa shape index (κ3) is 6.61. The van der Waals surface area contributed by atoms with Crippen LogP contribution in [-0.4, -0.2) is 106 Å². The van der Waals surface area contributed by atoms with Gasteiger partial charge in [-0.1, -0.05) is 41.4 Å². The molecule has 0 bridgehead atoms. The minimum atomic E-state index is -1.21. The van der Waals surface area contributed by atoms with E-state index in [-0.39, 0.29) is 45.9 Å². The summed E-state index contributed by atoms with van der Waals surface area (Å²) >= 11 is 13.4. The molecule has 2 saturated heterocycles. The molecular formula is C33H35Cl2FN4O6. The number of carboxylic acid groups (broad SMARTS) is 1. The van der Waals surface area contributed by atoms with Gasteiger partial charge < -0.3 is 34.0 Å². The highest BCUT2D eigenvalue weighted by Gasteiger charge is 2.30. The summed E-state index contributed by atoms with van der Waals surface area (Å²) in [7, 11) is 1.70. The molecule has 10 nitrogen and oxygen atoms in total. The van der Waals surface area contributed by atoms with Crippen molar-refractivity contribution in [1.29, 1.82) is 0 Å². The van der Waals surface area contributed by atoms with Crippen molar-refractivity contribution in [3.8, 4) is 16.9 Å². The van der Waals surface area contributed by atoms with E-state index in [1.54, 1.807) is 37.4 Å². The molecule has 0 aliphatic carbocycles. The fourth-order valence-electron chi connectivity index (χ4n) is 6.18. The number of fused-ring (bicyclic) bond motifs is 1. The van der Waals surface area contributed by atoms with Crippen molar-refractivity contribution < 1.29 is 33.3 Å². The van der Waals surface area contributed by atoms with Crippen LogP contribution in [0.15, 0.2) is 42.5 Å². The Morgan fingerprint density at radius 2 is 1.67 bits per heavy atom. The SMILES string of the molecule is COCCN1CCN(c2cc(Cl)c(C(=O)N3COc4c(cccc4-c4cc(N5CCOCC5)c(C(=O)O)cc4F)C3)c(Cl)c2)CC1. The molecule has 0 saturated carbocycles. The van der Waals surface area contributed by atoms with Gasteiger partial charge >= 0.3 is 5.97 Å². The van der Waals surface area contributed by atoms with Crippen LogP contribution >= 0.6 is 23.2 Å². The van der Waals surface area contributed by atoms with E-state index in [0.717, 1.165) is 44.5 Å². The maximum absolute atomic E-state index is 15.5. The smallest absolute Gasteiger partial charge is 0.337 e. The Labute approximate surface area is 276 Å². The first-order valence-electron chi connectivity index (χ1n) is 15.1. The Morgan fingerprint density at radius 3 is 2.35 bits per heavy atom. The Bertz CT molecular complexity index is 1600. The van der Waals surface area contributed by atoms with Gasteiger partial charge in [0.25, 0.3) is 5.91 Å². The first-order chi connectivity index (χ1) is 22.2. The Hall–Kier alpha value is -3.61. The lowest BCUT2D eigenvalue weighted by Gasteiger charge is -2.36. The van der Waals surface area contributed by atoms with Crippen molar-refractivity contribution in [1.82, 2.24) is 9.80 Å². The first kappa shape index (κ1) is 32.3. The zero-order valence-electron chi connectivity index (χ0n) is 25.4. The molecule has 13 heteroatoms. The monoisotopic (exact) mass is 672 g/mol. The van der Waals surface area contributed by atoms with E-state index >= 15 is 4.39 Å². The number of rotatable bonds is 8. The number of carbonyl (C=O) groups is 2. The molecule has 2 fully saturated rings. The number of halogens is 3. The molecule has 0 radical (unpaired) electrons. The van der Waals surface area contributed by atoms with Gasteiger partial charge in [0.2, 0.25) is 0 Å². The number of hydrogen-bond donors (Lipinski definition) is 1. The first-order valence-corrected chi connectivity index (χ1v) is 15.9. The largest absolute Gasteiger partial charge is 0.478 e. The topological polar surface area (TPSA) is 95.0 Å². The van der Waals surface area contributed by atoms with Crippen molar-refractivity contribution in [2.24, 2.45) is 0 Å². The van der Waals surface area contributed by atoms with E-state index in [1.807, 2.05) is 11.0 Å². The summed E-state index contributed by atoms with van der Waals surface area (Å²) in [6.07, 6.45) is 0. The number of amides is 1. The summed E-state index contributed by atoms with van der Waals surface area (Å²) in [5, 5.41) is 10.3. The van der Waals surface area contributed by atoms with Crippen LogP contribution < -0.4 is 14.5 Å². The molecule has 244 valence electrons. The van der Waals surface area contributed by atoms with E-state index in [2.05, 4.69) is 9.80 Å². The third-order valence-corrected chi connectivity index (χ3v) is 9.25. The van der Waals surface area contributed by atoms with Crippen molar-refractivity contribution in [3.63, 3.8) is 0 Å². The van der Waals surface area contributed by atoms with Crippen molar-refractivity contribution in [2.45, 2.75) is 6.54 Å². The van der Waals surface area contributed by atoms with E-state index in [1.165, 1.54) is 4.90 Å². The Kier molecular flexibility index (Phi) is 9.86. The van der Waals surface area contributed by atoms with E-state index in [9.17, 15) is 14.7 Å². The number of piperazine rings is 1. The van der Waals surface area contributed by atoms with Gasteiger partial charge in [0.1, 0.15) is 11.6 Å². The summed E-state index contributed by atoms with van der Waals surface area (Å²) in [5.41, 5.74) is 2.70. The number of carbonyl (C=O) groups excluding carboxylic acids is 1. The highest BCUT2D eigenvalue weighted by Crippen LogP contribution is 2.41. The van der Waals surface area contributed by atoms with E-state index in [4.69, 9.17) is 37.4 Å². The number of anilines is 2. The zero-order chi connectivity index (χ0) is 32.4. The molecule has 6 rings (SSSR count). The number of carboxylic acids is 1. The molecule has 3 aromatic carbocycles. The van der Waals surface area contributed by atoms with Crippen LogP contribution in [-0.2, 0) is 16.0 Å². The van der Waals surface area contributed by atoms with Crippen LogP contribution in [0.2, 0.25) is 10.0 Å². The van der Waals surface area contributed by atoms with E-state index < -0.39 is 11.8 Å². The van der Waals surface area contributed by atoms with Crippen LogP contribution in [0, 0.1) is 5.82 Å². The molecule has 0 atom stereocenters. The number of methoxy groups -OCH3 is 1. The molecule has 0 aromatic heterocycles. The summed E-state index contributed by atoms with van der Waals surface area (Å²) < 4.78 is 32.2. The lowest BCUT2D eigenvalue weighted by atomic mass is 9.97. The number of ether oxygens (including phenoxy) is 3. The fourth-order valence-corrected chi connectivity index (χ4v) is 6.81. The van der Waals surface area contributed by atoms with Gasteiger partial charge in [0.15, 0.2) is 6.73 Å². The second-order valence-corrected chi connectivity index (χ2v) is 12.2. The average Bonchev–Trinajstić information content (AvgIpc) is 3.07. The minimum absolute atomic E-state index is 0.105. The van der Waals surface area contributed by atoms with Gasteiger partial charge in [-0.3, -0.25) is 9.69 Å². The van der Waals surface area contributed by atoms with Crippen LogP contribution in [0.3, 0.4) is 0 Å². The van der Waals surface area contributed by atoms with Gasteiger partial charge in [-0.25, -0.2) is 9.18 Å². The molecule has 3 aliphatic heterocycles. The highest BCUT2D eigenvalue weighted by molar-refractivity contribution is 6.40. The Balaban J connectivity index is 1.22. The molecule has 0 unspecified atom stereocenters. The molecule has 3 heterocycles. The second kappa shape index (κ2) is 14.0. The summed E-state index contributed by atoms with van der Waals surface area (Å²) in [6.45, 7) is 6.89. The van der Waals surface area contributed by atoms with Gasteiger partial charge in [0.05, 0.1) is 53.2 Å². The maximum atomic E-state index is 15.5. The number of benzene rings is 3. The molecule has 1 N–H and O–H groups in total. The van der Waals surface area contributed by atoms with Gasteiger partial charge in [0, 0.05) is 75.3 Å². The van der Waals surface area contributed by atoms with Crippen LogP contribution in [0.25, 0.3) is 11.1 Å². The minimum Gasteiger partial charge on any atom is -0.478 e. The predicted octanol–water partition coefficient (Wildman–Crippen LogP) is 5.10. The Morgan fingerprint density at radius 1 is 0.957 bits per heavy atom. The lowest BCUT2D eigenvalue weighted by molar-refractivity contribution is 0.0516. The van der Waals surface area contributed by atoms with Crippen LogP contribution in [0.5, 0.6) is 5.75 Å². The summed E-state index contributed by atoms with van der Waals surface area (Å²) in [4.78, 5) is 33.6. The molecule has 46 heavy (non-hydrogen) atoms. The standard InChI is InChI=1S/C33H35Cl2FN4O6/c1-44-12-9-37-5-7-38(8-6-37)22-15-26(34)30(27(35)16-22)32(41)40-19-21-3-2-4-23(31(21)46-20-40)24-18-29(39-10-13-45-14-11-39)25(33(42)43)17-28(24)36/h2-4,15-18H,5-14,19-20H2,1H3,(H,42,43). The number of hydrogen-bond acceptors (Lipinski definition) is 8. The maximum Gasteiger partial charge on any atom is 0.337 e. The fraction of sp³-hybridized carbons (Fsp3) is 0.394. The highest BCUT2D eigenvalue weighted by atomic mass is 35.5. The number of para-hydroxylation sites is 1. The van der Waals surface area contributed by atoms with Crippen molar-refractivity contribution >= 4 is 46.5 Å². The normalized spacial score (nSPS) is 17.1. The van der Waals surface area contributed by atoms with Crippen LogP contribution in [0.4, 0.5) is 15.8 Å². The molecule has 0 spiro atoms. The van der Waals surface area contributed by atoms with Crippen molar-refractivity contribution in [3.05, 3.63) is 75.0 Å². The van der Waals surface area contributed by atoms with Crippen molar-refractivity contribution in [2.75, 3.05) is 89.3 Å². The van der Waals surface area contributed by atoms with Gasteiger partial charge in [-0.15, -0.1) is 0 Å². The average molecular weight is 674 g/mol. The third-order valence-electron chi connectivity index (χ3n) is 8.66. The lowest BCUT2D eigenvalue weighted by Crippen LogP contribution is -2.47. The van der Waals surface area contributed by atoms with Gasteiger partial charge in [-0.05, 0) is 24.3 Å². The predicted molar refractivity (Wildman–Crippen MR) is 174 cm³/mol. The second-order valence-electron chi connectivity index (χ2n) is 11.4. The number of nitrogens with zero attached hydrogens (tertiary/aromatic N) is 4. The molecule has 3 aromatic rings. The van der Waals surface area contributed by atoms with Crippen LogP contribution in [0.1, 0.15) is 26.3 Å². The quantitative estimate of drug-likeness (QED) is 0.351. The summed E-state index contributed by atoms with van der Waals surface area (Å²) in [6, 6.07) is 11.5. The number of aromatic carboxylic acids is 1. The molecule has 3 aliphatic rings. The molecular weight excluding hydrogens is 638 g/mol. The number of morpholine rings is 1. The molecule has 1 amide bonds.